The summed E-state index contributed by atoms with van der Waals surface area (Å²) < 4.78 is 5.73. The van der Waals surface area contributed by atoms with Crippen molar-refractivity contribution in [3.63, 3.8) is 0 Å². The van der Waals surface area contributed by atoms with E-state index in [1.54, 1.807) is 0 Å². The number of furan rings is 1. The fourth-order valence-electron chi connectivity index (χ4n) is 2.71. The van der Waals surface area contributed by atoms with Gasteiger partial charge < -0.3 is 19.7 Å². The minimum absolute atomic E-state index is 0.253. The number of carbonyl (C=O) groups excluding carboxylic acids is 1. The molecular formula is C16H18N2O4. The summed E-state index contributed by atoms with van der Waals surface area (Å²) in [7, 11) is 0. The van der Waals surface area contributed by atoms with Crippen molar-refractivity contribution in [2.24, 2.45) is 5.92 Å². The Kier molecular flexibility index (Phi) is 3.75. The molecule has 1 saturated heterocycles. The van der Waals surface area contributed by atoms with Crippen molar-refractivity contribution in [1.82, 2.24) is 10.2 Å². The number of aliphatic carboxylic acids is 1. The average molecular weight is 302 g/mol. The van der Waals surface area contributed by atoms with E-state index in [0.29, 0.717) is 18.7 Å². The molecule has 1 aliphatic rings. The van der Waals surface area contributed by atoms with Crippen molar-refractivity contribution in [1.29, 1.82) is 0 Å². The number of nitrogens with zero attached hydrogens (tertiary/aromatic N) is 1. The van der Waals surface area contributed by atoms with E-state index in [2.05, 4.69) is 5.32 Å². The van der Waals surface area contributed by atoms with E-state index in [0.717, 1.165) is 11.0 Å². The highest BCUT2D eigenvalue weighted by molar-refractivity contribution is 5.79. The van der Waals surface area contributed by atoms with Crippen LogP contribution >= 0.6 is 0 Å². The molecule has 22 heavy (non-hydrogen) atoms. The van der Waals surface area contributed by atoms with Crippen molar-refractivity contribution >= 4 is 23.0 Å². The van der Waals surface area contributed by atoms with Crippen LogP contribution in [-0.2, 0) is 4.79 Å². The lowest BCUT2D eigenvalue weighted by Crippen LogP contribution is -2.40. The normalized spacial score (nSPS) is 19.3. The predicted octanol–water partition coefficient (Wildman–Crippen LogP) is 2.61. The Morgan fingerprint density at radius 2 is 2.18 bits per heavy atom. The van der Waals surface area contributed by atoms with Crippen molar-refractivity contribution in [3.8, 4) is 0 Å². The van der Waals surface area contributed by atoms with Gasteiger partial charge in [0.1, 0.15) is 11.3 Å². The van der Waals surface area contributed by atoms with Gasteiger partial charge in [-0.05, 0) is 25.5 Å². The number of amides is 2. The van der Waals surface area contributed by atoms with Gasteiger partial charge in [-0.1, -0.05) is 18.2 Å². The SMILES string of the molecule is C[C@@H](NC(=O)N1CCC(C(=O)O)C1)c1cc2ccccc2o1. The van der Waals surface area contributed by atoms with E-state index < -0.39 is 11.9 Å². The Balaban J connectivity index is 1.65. The summed E-state index contributed by atoms with van der Waals surface area (Å²) in [5.41, 5.74) is 0.783. The second kappa shape index (κ2) is 5.71. The highest BCUT2D eigenvalue weighted by Crippen LogP contribution is 2.24. The van der Waals surface area contributed by atoms with Crippen LogP contribution in [0.3, 0.4) is 0 Å². The third kappa shape index (κ3) is 2.77. The molecule has 6 heteroatoms. The lowest BCUT2D eigenvalue weighted by atomic mass is 10.1. The van der Waals surface area contributed by atoms with Crippen LogP contribution in [0.25, 0.3) is 11.0 Å². The van der Waals surface area contributed by atoms with E-state index in [4.69, 9.17) is 9.52 Å². The standard InChI is InChI=1S/C16H18N2O4/c1-10(14-8-11-4-2-3-5-13(11)22-14)17-16(21)18-7-6-12(9-18)15(19)20/h2-5,8,10,12H,6-7,9H2,1H3,(H,17,21)(H,19,20)/t10-,12?/m1/s1. The maximum absolute atomic E-state index is 12.2. The number of para-hydroxylation sites is 1. The van der Waals surface area contributed by atoms with Gasteiger partial charge in [0, 0.05) is 18.5 Å². The summed E-state index contributed by atoms with van der Waals surface area (Å²) in [4.78, 5) is 24.7. The first-order chi connectivity index (χ1) is 10.5. The number of hydrogen-bond acceptors (Lipinski definition) is 3. The first-order valence-electron chi connectivity index (χ1n) is 7.31. The molecule has 0 bridgehead atoms. The number of fused-ring (bicyclic) bond motifs is 1. The number of carbonyl (C=O) groups is 2. The van der Waals surface area contributed by atoms with Crippen LogP contribution in [0, 0.1) is 5.92 Å². The molecule has 6 nitrogen and oxygen atoms in total. The third-order valence-electron chi connectivity index (χ3n) is 4.04. The maximum atomic E-state index is 12.2. The van der Waals surface area contributed by atoms with Crippen LogP contribution in [0.4, 0.5) is 4.79 Å². The Hall–Kier alpha value is -2.50. The molecular weight excluding hydrogens is 284 g/mol. The van der Waals surface area contributed by atoms with Gasteiger partial charge in [0.15, 0.2) is 0 Å². The molecule has 1 fully saturated rings. The van der Waals surface area contributed by atoms with E-state index >= 15 is 0 Å². The number of likely N-dealkylation sites (tertiary alicyclic amines) is 1. The zero-order valence-electron chi connectivity index (χ0n) is 12.3. The van der Waals surface area contributed by atoms with E-state index in [9.17, 15) is 9.59 Å². The molecule has 2 N–H and O–H groups in total. The zero-order valence-corrected chi connectivity index (χ0v) is 12.3. The summed E-state index contributed by atoms with van der Waals surface area (Å²) >= 11 is 0. The highest BCUT2D eigenvalue weighted by Gasteiger charge is 2.31. The Bertz CT molecular complexity index is 676. The van der Waals surface area contributed by atoms with Gasteiger partial charge in [-0.3, -0.25) is 4.79 Å². The van der Waals surface area contributed by atoms with Crippen LogP contribution in [0.2, 0.25) is 0 Å². The van der Waals surface area contributed by atoms with E-state index in [-0.39, 0.29) is 18.6 Å². The molecule has 2 aromatic rings. The number of benzene rings is 1. The Morgan fingerprint density at radius 3 is 2.86 bits per heavy atom. The number of nitrogens with one attached hydrogen (secondary N) is 1. The van der Waals surface area contributed by atoms with E-state index in [1.165, 1.54) is 4.90 Å². The molecule has 1 aromatic heterocycles. The average Bonchev–Trinajstić information content (AvgIpc) is 3.14. The summed E-state index contributed by atoms with van der Waals surface area (Å²) in [6, 6.07) is 9.04. The van der Waals surface area contributed by atoms with Gasteiger partial charge in [-0.2, -0.15) is 0 Å². The number of hydrogen-bond donors (Lipinski definition) is 2. The first kappa shape index (κ1) is 14.4. The maximum Gasteiger partial charge on any atom is 0.318 e. The van der Waals surface area contributed by atoms with Crippen LogP contribution in [-0.4, -0.2) is 35.1 Å². The smallest absolute Gasteiger partial charge is 0.318 e. The van der Waals surface area contributed by atoms with Crippen molar-refractivity contribution in [2.75, 3.05) is 13.1 Å². The largest absolute Gasteiger partial charge is 0.481 e. The van der Waals surface area contributed by atoms with Crippen LogP contribution < -0.4 is 5.32 Å². The highest BCUT2D eigenvalue weighted by atomic mass is 16.4. The van der Waals surface area contributed by atoms with Gasteiger partial charge >= 0.3 is 12.0 Å². The second-order valence-corrected chi connectivity index (χ2v) is 5.63. The van der Waals surface area contributed by atoms with Gasteiger partial charge in [0.05, 0.1) is 12.0 Å². The number of urea groups is 1. The lowest BCUT2D eigenvalue weighted by molar-refractivity contribution is -0.141. The Labute approximate surface area is 127 Å². The van der Waals surface area contributed by atoms with Gasteiger partial charge in [0.2, 0.25) is 0 Å². The lowest BCUT2D eigenvalue weighted by Gasteiger charge is -2.19. The third-order valence-corrected chi connectivity index (χ3v) is 4.04. The summed E-state index contributed by atoms with van der Waals surface area (Å²) in [6.07, 6.45) is 0.502. The molecule has 1 unspecified atom stereocenters. The van der Waals surface area contributed by atoms with Crippen LogP contribution in [0.15, 0.2) is 34.7 Å². The summed E-state index contributed by atoms with van der Waals surface area (Å²) in [6.45, 7) is 2.57. The number of carboxylic acid groups (broad SMARTS) is 1. The Morgan fingerprint density at radius 1 is 1.41 bits per heavy atom. The molecule has 0 spiro atoms. The number of carboxylic acids is 1. The van der Waals surface area contributed by atoms with Crippen molar-refractivity contribution in [2.45, 2.75) is 19.4 Å². The molecule has 1 aliphatic heterocycles. The molecule has 3 rings (SSSR count). The van der Waals surface area contributed by atoms with Crippen LogP contribution in [0.5, 0.6) is 0 Å². The topological polar surface area (TPSA) is 82.8 Å². The van der Waals surface area contributed by atoms with Crippen LogP contribution in [0.1, 0.15) is 25.1 Å². The van der Waals surface area contributed by atoms with Gasteiger partial charge in [-0.25, -0.2) is 4.79 Å². The fourth-order valence-corrected chi connectivity index (χ4v) is 2.71. The summed E-state index contributed by atoms with van der Waals surface area (Å²) in [5.74, 6) is -0.628. The van der Waals surface area contributed by atoms with Gasteiger partial charge in [-0.15, -0.1) is 0 Å². The summed E-state index contributed by atoms with van der Waals surface area (Å²) in [5, 5.41) is 12.8. The number of rotatable bonds is 3. The first-order valence-corrected chi connectivity index (χ1v) is 7.31. The fraction of sp³-hybridized carbons (Fsp3) is 0.375. The monoisotopic (exact) mass is 302 g/mol. The second-order valence-electron chi connectivity index (χ2n) is 5.63. The van der Waals surface area contributed by atoms with Gasteiger partial charge in [0.25, 0.3) is 0 Å². The molecule has 2 amide bonds. The molecule has 2 atom stereocenters. The molecule has 116 valence electrons. The molecule has 2 heterocycles. The zero-order chi connectivity index (χ0) is 15.7. The van der Waals surface area contributed by atoms with Crippen molar-refractivity contribution < 1.29 is 19.1 Å². The minimum Gasteiger partial charge on any atom is -0.481 e. The minimum atomic E-state index is -0.847. The predicted molar refractivity (Wildman–Crippen MR) is 80.5 cm³/mol. The van der Waals surface area contributed by atoms with Crippen molar-refractivity contribution in [3.05, 3.63) is 36.1 Å². The molecule has 0 radical (unpaired) electrons. The molecule has 0 saturated carbocycles. The molecule has 1 aromatic carbocycles. The quantitative estimate of drug-likeness (QED) is 0.913. The van der Waals surface area contributed by atoms with E-state index in [1.807, 2.05) is 37.3 Å². The molecule has 0 aliphatic carbocycles.